The Balaban J connectivity index is 1.70. The highest BCUT2D eigenvalue weighted by Gasteiger charge is 2.39. The van der Waals surface area contributed by atoms with E-state index in [4.69, 9.17) is 0 Å². The third kappa shape index (κ3) is 4.54. The fraction of sp³-hybridized carbons (Fsp3) is 0.167. The van der Waals surface area contributed by atoms with Gasteiger partial charge in [-0.3, -0.25) is 4.98 Å². The second-order valence-electron chi connectivity index (χ2n) is 6.21. The molecule has 4 aromatic rings. The summed E-state index contributed by atoms with van der Waals surface area (Å²) in [7, 11) is 0. The summed E-state index contributed by atoms with van der Waals surface area (Å²) in [5.41, 5.74) is -0.976. The van der Waals surface area contributed by atoms with Crippen molar-refractivity contribution in [1.82, 2.24) is 25.1 Å². The molecule has 0 saturated carbocycles. The summed E-state index contributed by atoms with van der Waals surface area (Å²) < 4.78 is 83.0. The molecule has 0 aliphatic carbocycles. The number of pyridine rings is 1. The van der Waals surface area contributed by atoms with Crippen LogP contribution in [0.15, 0.2) is 53.6 Å². The molecule has 0 N–H and O–H groups in total. The number of aromatic nitrogens is 5. The number of thiophene rings is 1. The largest absolute Gasteiger partial charge is 0.471 e. The van der Waals surface area contributed by atoms with Crippen molar-refractivity contribution < 1.29 is 30.9 Å². The molecule has 0 saturated heterocycles. The maximum absolute atomic E-state index is 13.6. The van der Waals surface area contributed by atoms with Gasteiger partial charge in [0.1, 0.15) is 5.82 Å². The Labute approximate surface area is 179 Å². The first-order valence-corrected chi connectivity index (χ1v) is 9.50. The quantitative estimate of drug-likeness (QED) is 0.362. The van der Waals surface area contributed by atoms with Crippen LogP contribution in [0.5, 0.6) is 0 Å². The summed E-state index contributed by atoms with van der Waals surface area (Å²) in [4.78, 5) is 17.1. The lowest BCUT2D eigenvalue weighted by Crippen LogP contribution is -2.22. The maximum Gasteiger partial charge on any atom is 0.471 e. The molecule has 0 spiro atoms. The molecule has 7 nitrogen and oxygen atoms in total. The van der Waals surface area contributed by atoms with Crippen LogP contribution < -0.4 is 4.90 Å². The van der Waals surface area contributed by atoms with Crippen LogP contribution in [-0.2, 0) is 18.9 Å². The molecule has 0 radical (unpaired) electrons. The number of halogens is 6. The van der Waals surface area contributed by atoms with Gasteiger partial charge in [0.15, 0.2) is 5.82 Å². The number of rotatable bonds is 5. The van der Waals surface area contributed by atoms with E-state index >= 15 is 0 Å². The van der Waals surface area contributed by atoms with E-state index in [0.29, 0.717) is 4.88 Å². The van der Waals surface area contributed by atoms with Gasteiger partial charge in [-0.05, 0) is 24.3 Å². The fourth-order valence-corrected chi connectivity index (χ4v) is 3.63. The van der Waals surface area contributed by atoms with E-state index in [1.807, 2.05) is 0 Å². The second-order valence-corrected chi connectivity index (χ2v) is 7.38. The molecular weight excluding hydrogens is 462 g/mol. The first-order chi connectivity index (χ1) is 15.1. The minimum atomic E-state index is -4.79. The molecule has 0 bridgehead atoms. The first kappa shape index (κ1) is 21.7. The monoisotopic (exact) mass is 472 g/mol. The van der Waals surface area contributed by atoms with Crippen molar-refractivity contribution in [2.45, 2.75) is 18.9 Å². The van der Waals surface area contributed by atoms with Crippen LogP contribution in [0.2, 0.25) is 0 Å². The Morgan fingerprint density at radius 3 is 2.41 bits per heavy atom. The number of hydrogen-bond donors (Lipinski definition) is 0. The number of nitrogens with zero attached hydrogens (tertiary/aromatic N) is 6. The molecule has 0 fully saturated rings. The van der Waals surface area contributed by atoms with Gasteiger partial charge in [0.2, 0.25) is 5.82 Å². The van der Waals surface area contributed by atoms with E-state index < -0.39 is 29.6 Å². The lowest BCUT2D eigenvalue weighted by atomic mass is 10.2. The van der Waals surface area contributed by atoms with Gasteiger partial charge < -0.3 is 9.42 Å². The third-order valence-electron chi connectivity index (χ3n) is 4.04. The molecule has 166 valence electrons. The number of hydrogen-bond acceptors (Lipinski definition) is 8. The van der Waals surface area contributed by atoms with Crippen LogP contribution in [0.3, 0.4) is 0 Å². The molecule has 32 heavy (non-hydrogen) atoms. The van der Waals surface area contributed by atoms with Gasteiger partial charge >= 0.3 is 18.2 Å². The van der Waals surface area contributed by atoms with Gasteiger partial charge in [0.05, 0.1) is 23.2 Å². The minimum absolute atomic E-state index is 0.102. The summed E-state index contributed by atoms with van der Waals surface area (Å²) in [5.74, 6) is -2.07. The predicted octanol–water partition coefficient (Wildman–Crippen LogP) is 5.36. The van der Waals surface area contributed by atoms with Gasteiger partial charge in [0.25, 0.3) is 0 Å². The highest BCUT2D eigenvalue weighted by Crippen LogP contribution is 2.39. The molecule has 0 amide bonds. The van der Waals surface area contributed by atoms with Gasteiger partial charge in [0, 0.05) is 23.5 Å². The van der Waals surface area contributed by atoms with Crippen molar-refractivity contribution in [1.29, 1.82) is 0 Å². The van der Waals surface area contributed by atoms with E-state index in [9.17, 15) is 26.3 Å². The van der Waals surface area contributed by atoms with Crippen LogP contribution in [0.25, 0.3) is 10.7 Å². The van der Waals surface area contributed by atoms with Crippen LogP contribution in [-0.4, -0.2) is 25.1 Å². The Morgan fingerprint density at radius 1 is 0.938 bits per heavy atom. The Kier molecular flexibility index (Phi) is 5.54. The first-order valence-electron chi connectivity index (χ1n) is 8.68. The van der Waals surface area contributed by atoms with Crippen molar-refractivity contribution in [3.8, 4) is 10.7 Å². The minimum Gasteiger partial charge on any atom is -0.329 e. The van der Waals surface area contributed by atoms with Crippen LogP contribution in [0.1, 0.15) is 16.3 Å². The molecule has 0 aliphatic rings. The molecule has 4 aromatic heterocycles. The van der Waals surface area contributed by atoms with Crippen LogP contribution in [0, 0.1) is 0 Å². The summed E-state index contributed by atoms with van der Waals surface area (Å²) in [6.07, 6.45) is -4.30. The van der Waals surface area contributed by atoms with E-state index in [1.165, 1.54) is 47.9 Å². The lowest BCUT2D eigenvalue weighted by Gasteiger charge is -2.24. The van der Waals surface area contributed by atoms with Crippen molar-refractivity contribution in [3.05, 3.63) is 65.4 Å². The van der Waals surface area contributed by atoms with Crippen molar-refractivity contribution >= 4 is 23.0 Å². The van der Waals surface area contributed by atoms with E-state index in [1.54, 1.807) is 0 Å². The summed E-state index contributed by atoms with van der Waals surface area (Å²) in [5, 5.41) is 3.32. The maximum atomic E-state index is 13.6. The average Bonchev–Trinajstić information content (AvgIpc) is 3.41. The fourth-order valence-electron chi connectivity index (χ4n) is 2.71. The van der Waals surface area contributed by atoms with Gasteiger partial charge in [-0.15, -0.1) is 11.3 Å². The highest BCUT2D eigenvalue weighted by molar-refractivity contribution is 7.15. The van der Waals surface area contributed by atoms with Crippen LogP contribution in [0.4, 0.5) is 38.0 Å². The Bertz CT molecular complexity index is 1210. The zero-order chi connectivity index (χ0) is 22.9. The van der Waals surface area contributed by atoms with Crippen molar-refractivity contribution in [2.75, 3.05) is 4.90 Å². The number of alkyl halides is 6. The van der Waals surface area contributed by atoms with Crippen LogP contribution >= 0.6 is 11.3 Å². The molecule has 4 rings (SSSR count). The molecule has 0 atom stereocenters. The number of anilines is 2. The van der Waals surface area contributed by atoms with Gasteiger partial charge in [-0.2, -0.15) is 31.3 Å². The average molecular weight is 472 g/mol. The van der Waals surface area contributed by atoms with Gasteiger partial charge in [-0.1, -0.05) is 5.16 Å². The molecule has 0 aliphatic heterocycles. The zero-order valence-corrected chi connectivity index (χ0v) is 16.4. The second kappa shape index (κ2) is 8.18. The SMILES string of the molecule is FC(F)(F)c1nc(-c2ccc(CN(c3cnccn3)c3ncccc3C(F)(F)F)s2)no1. The topological polar surface area (TPSA) is 80.8 Å². The molecule has 4 heterocycles. The molecule has 0 aromatic carbocycles. The van der Waals surface area contributed by atoms with E-state index in [2.05, 4.69) is 29.6 Å². The highest BCUT2D eigenvalue weighted by atomic mass is 32.1. The predicted molar refractivity (Wildman–Crippen MR) is 99.7 cm³/mol. The van der Waals surface area contributed by atoms with Crippen molar-refractivity contribution in [2.24, 2.45) is 0 Å². The molecule has 0 unspecified atom stereocenters. The lowest BCUT2D eigenvalue weighted by molar-refractivity contribution is -0.159. The summed E-state index contributed by atoms with van der Waals surface area (Å²) in [6.45, 7) is -0.118. The summed E-state index contributed by atoms with van der Waals surface area (Å²) in [6, 6.07) is 5.04. The smallest absolute Gasteiger partial charge is 0.329 e. The van der Waals surface area contributed by atoms with E-state index in [-0.39, 0.29) is 23.1 Å². The molecule has 14 heteroatoms. The van der Waals surface area contributed by atoms with Crippen molar-refractivity contribution in [3.63, 3.8) is 0 Å². The standard InChI is InChI=1S/C18H10F6N6OS/c19-17(20,21)11-2-1-5-27-15(11)30(13-8-25-6-7-26-13)9-10-3-4-12(32-10)14-28-16(31-29-14)18(22,23)24/h1-8H,9H2. The molecular formula is C18H10F6N6OS. The normalized spacial score (nSPS) is 12.2. The zero-order valence-electron chi connectivity index (χ0n) is 15.6. The van der Waals surface area contributed by atoms with E-state index in [0.717, 1.165) is 17.4 Å². The van der Waals surface area contributed by atoms with Gasteiger partial charge in [-0.25, -0.2) is 9.97 Å². The Hall–Kier alpha value is -3.55. The summed E-state index contributed by atoms with van der Waals surface area (Å²) >= 11 is 0.990. The third-order valence-corrected chi connectivity index (χ3v) is 5.10. The Morgan fingerprint density at radius 2 is 1.75 bits per heavy atom.